The van der Waals surface area contributed by atoms with Crippen LogP contribution in [0.3, 0.4) is 0 Å². The molecule has 0 radical (unpaired) electrons. The fourth-order valence-corrected chi connectivity index (χ4v) is 4.90. The van der Waals surface area contributed by atoms with Crippen LogP contribution in [0.1, 0.15) is 51.0 Å². The van der Waals surface area contributed by atoms with Crippen molar-refractivity contribution in [2.75, 3.05) is 13.3 Å². The summed E-state index contributed by atoms with van der Waals surface area (Å²) in [5, 5.41) is 2.82. The minimum atomic E-state index is -0.868. The summed E-state index contributed by atoms with van der Waals surface area (Å²) in [5.41, 5.74) is 0.0758. The van der Waals surface area contributed by atoms with E-state index in [1.807, 2.05) is 23.1 Å². The van der Waals surface area contributed by atoms with E-state index in [2.05, 4.69) is 5.32 Å². The standard InChI is InChI=1S/C22H27N3O5/c1-22(15-7-8-15)20(27)25(21(28)23-22)12-19(26)24(16-4-2-3-5-16)11-14-6-9-17-18(10-14)30-13-29-17/h6,9-10,15-16H,2-5,7-8,11-13H2,1H3,(H,23,28). The third-order valence-electron chi connectivity index (χ3n) is 6.86. The van der Waals surface area contributed by atoms with E-state index in [0.717, 1.165) is 49.0 Å². The Bertz CT molecular complexity index is 893. The van der Waals surface area contributed by atoms with Crippen LogP contribution in [0.25, 0.3) is 0 Å². The molecule has 0 spiro atoms. The highest BCUT2D eigenvalue weighted by molar-refractivity contribution is 6.09. The van der Waals surface area contributed by atoms with Crippen molar-refractivity contribution in [2.45, 2.75) is 63.6 Å². The Morgan fingerprint density at radius 3 is 2.63 bits per heavy atom. The quantitative estimate of drug-likeness (QED) is 0.724. The van der Waals surface area contributed by atoms with Crippen LogP contribution in [0.5, 0.6) is 11.5 Å². The van der Waals surface area contributed by atoms with Crippen LogP contribution in [0.2, 0.25) is 0 Å². The van der Waals surface area contributed by atoms with Gasteiger partial charge in [0, 0.05) is 12.6 Å². The smallest absolute Gasteiger partial charge is 0.325 e. The summed E-state index contributed by atoms with van der Waals surface area (Å²) in [5.74, 6) is 1.09. The highest BCUT2D eigenvalue weighted by Gasteiger charge is 2.56. The monoisotopic (exact) mass is 413 g/mol. The van der Waals surface area contributed by atoms with Crippen molar-refractivity contribution in [1.82, 2.24) is 15.1 Å². The number of urea groups is 1. The van der Waals surface area contributed by atoms with E-state index in [4.69, 9.17) is 9.47 Å². The molecule has 2 saturated carbocycles. The van der Waals surface area contributed by atoms with Crippen LogP contribution in [-0.4, -0.2) is 52.6 Å². The highest BCUT2D eigenvalue weighted by atomic mass is 16.7. The van der Waals surface area contributed by atoms with Gasteiger partial charge in [0.15, 0.2) is 11.5 Å². The predicted octanol–water partition coefficient (Wildman–Crippen LogP) is 2.41. The molecule has 1 N–H and O–H groups in total. The van der Waals surface area contributed by atoms with E-state index in [-0.39, 0.29) is 37.1 Å². The molecule has 1 aromatic carbocycles. The molecule has 8 nitrogen and oxygen atoms in total. The normalized spacial score (nSPS) is 25.7. The van der Waals surface area contributed by atoms with Crippen molar-refractivity contribution < 1.29 is 23.9 Å². The van der Waals surface area contributed by atoms with Gasteiger partial charge in [-0.1, -0.05) is 18.9 Å². The number of carbonyl (C=O) groups is 3. The maximum atomic E-state index is 13.3. The van der Waals surface area contributed by atoms with Crippen LogP contribution in [0, 0.1) is 5.92 Å². The Kier molecular flexibility index (Phi) is 4.60. The number of fused-ring (bicyclic) bond motifs is 1. The number of rotatable bonds is 6. The second-order valence-corrected chi connectivity index (χ2v) is 8.95. The third-order valence-corrected chi connectivity index (χ3v) is 6.86. The lowest BCUT2D eigenvalue weighted by molar-refractivity contribution is -0.140. The molecular weight excluding hydrogens is 386 g/mol. The molecule has 1 atom stereocenters. The highest BCUT2D eigenvalue weighted by Crippen LogP contribution is 2.42. The average molecular weight is 413 g/mol. The molecule has 1 unspecified atom stereocenters. The molecular formula is C22H27N3O5. The summed E-state index contributed by atoms with van der Waals surface area (Å²) in [4.78, 5) is 41.7. The molecule has 30 heavy (non-hydrogen) atoms. The number of imide groups is 1. The van der Waals surface area contributed by atoms with Gasteiger partial charge in [-0.05, 0) is 56.2 Å². The maximum absolute atomic E-state index is 13.3. The zero-order chi connectivity index (χ0) is 20.9. The second-order valence-electron chi connectivity index (χ2n) is 8.95. The lowest BCUT2D eigenvalue weighted by Gasteiger charge is -2.30. The predicted molar refractivity (Wildman–Crippen MR) is 107 cm³/mol. The summed E-state index contributed by atoms with van der Waals surface area (Å²) in [6.07, 6.45) is 5.91. The van der Waals surface area contributed by atoms with Gasteiger partial charge in [0.05, 0.1) is 0 Å². The zero-order valence-corrected chi connectivity index (χ0v) is 17.2. The number of nitrogens with zero attached hydrogens (tertiary/aromatic N) is 2. The molecule has 160 valence electrons. The first-order valence-corrected chi connectivity index (χ1v) is 10.8. The maximum Gasteiger partial charge on any atom is 0.325 e. The van der Waals surface area contributed by atoms with Gasteiger partial charge in [0.2, 0.25) is 12.7 Å². The van der Waals surface area contributed by atoms with Gasteiger partial charge in [-0.3, -0.25) is 14.5 Å². The minimum Gasteiger partial charge on any atom is -0.454 e. The second kappa shape index (κ2) is 7.18. The number of amides is 4. The molecule has 3 fully saturated rings. The zero-order valence-electron chi connectivity index (χ0n) is 17.2. The number of hydrogen-bond acceptors (Lipinski definition) is 5. The van der Waals surface area contributed by atoms with Crippen LogP contribution >= 0.6 is 0 Å². The van der Waals surface area contributed by atoms with Gasteiger partial charge in [0.1, 0.15) is 12.1 Å². The largest absolute Gasteiger partial charge is 0.454 e. The molecule has 0 bridgehead atoms. The van der Waals surface area contributed by atoms with Crippen LogP contribution < -0.4 is 14.8 Å². The van der Waals surface area contributed by atoms with Crippen LogP contribution in [0.4, 0.5) is 4.79 Å². The molecule has 1 aromatic rings. The number of carbonyl (C=O) groups excluding carboxylic acids is 3. The fourth-order valence-electron chi connectivity index (χ4n) is 4.90. The Balaban J connectivity index is 1.33. The van der Waals surface area contributed by atoms with Gasteiger partial charge < -0.3 is 19.7 Å². The van der Waals surface area contributed by atoms with E-state index in [1.165, 1.54) is 0 Å². The van der Waals surface area contributed by atoms with Crippen LogP contribution in [-0.2, 0) is 16.1 Å². The molecule has 2 aliphatic heterocycles. The van der Waals surface area contributed by atoms with Crippen molar-refractivity contribution in [2.24, 2.45) is 5.92 Å². The Morgan fingerprint density at radius 1 is 1.17 bits per heavy atom. The first-order valence-electron chi connectivity index (χ1n) is 10.8. The Labute approximate surface area is 175 Å². The number of hydrogen-bond donors (Lipinski definition) is 1. The summed E-state index contributed by atoms with van der Waals surface area (Å²) >= 11 is 0. The molecule has 8 heteroatoms. The van der Waals surface area contributed by atoms with Crippen molar-refractivity contribution in [3.8, 4) is 11.5 Å². The van der Waals surface area contributed by atoms with Gasteiger partial charge in [0.25, 0.3) is 5.91 Å². The van der Waals surface area contributed by atoms with Gasteiger partial charge in [-0.2, -0.15) is 0 Å². The molecule has 4 amide bonds. The summed E-state index contributed by atoms with van der Waals surface area (Å²) in [6, 6.07) is 5.35. The van der Waals surface area contributed by atoms with Crippen molar-refractivity contribution >= 4 is 17.8 Å². The van der Waals surface area contributed by atoms with Crippen LogP contribution in [0.15, 0.2) is 18.2 Å². The Morgan fingerprint density at radius 2 is 1.90 bits per heavy atom. The third kappa shape index (κ3) is 3.28. The molecule has 1 saturated heterocycles. The summed E-state index contributed by atoms with van der Waals surface area (Å²) in [6.45, 7) is 2.18. The lowest BCUT2D eigenvalue weighted by Crippen LogP contribution is -2.48. The van der Waals surface area contributed by atoms with E-state index < -0.39 is 11.6 Å². The molecule has 5 rings (SSSR count). The van der Waals surface area contributed by atoms with Crippen molar-refractivity contribution in [3.63, 3.8) is 0 Å². The Hall–Kier alpha value is -2.77. The first kappa shape index (κ1) is 19.2. The molecule has 2 aliphatic carbocycles. The van der Waals surface area contributed by atoms with E-state index in [1.54, 1.807) is 6.92 Å². The lowest BCUT2D eigenvalue weighted by atomic mass is 9.96. The fraction of sp³-hybridized carbons (Fsp3) is 0.591. The SMILES string of the molecule is CC1(C2CC2)NC(=O)N(CC(=O)N(Cc2ccc3c(c2)OCO3)C2CCCC2)C1=O. The average Bonchev–Trinajstić information content (AvgIpc) is 3.18. The van der Waals surface area contributed by atoms with E-state index in [0.29, 0.717) is 18.0 Å². The topological polar surface area (TPSA) is 88.2 Å². The minimum absolute atomic E-state index is 0.124. The number of ether oxygens (including phenoxy) is 2. The summed E-state index contributed by atoms with van der Waals surface area (Å²) in [7, 11) is 0. The molecule has 2 heterocycles. The van der Waals surface area contributed by atoms with E-state index >= 15 is 0 Å². The van der Waals surface area contributed by atoms with Gasteiger partial charge in [-0.15, -0.1) is 0 Å². The summed E-state index contributed by atoms with van der Waals surface area (Å²) < 4.78 is 10.8. The van der Waals surface area contributed by atoms with Gasteiger partial charge in [-0.25, -0.2) is 4.79 Å². The van der Waals surface area contributed by atoms with Crippen molar-refractivity contribution in [1.29, 1.82) is 0 Å². The van der Waals surface area contributed by atoms with Crippen molar-refractivity contribution in [3.05, 3.63) is 23.8 Å². The number of nitrogens with one attached hydrogen (secondary N) is 1. The van der Waals surface area contributed by atoms with E-state index in [9.17, 15) is 14.4 Å². The molecule has 4 aliphatic rings. The molecule has 0 aromatic heterocycles. The first-order chi connectivity index (χ1) is 14.5. The van der Waals surface area contributed by atoms with Gasteiger partial charge >= 0.3 is 6.03 Å². The number of benzene rings is 1.